The topological polar surface area (TPSA) is 34.9 Å². The zero-order chi connectivity index (χ0) is 15.9. The van der Waals surface area contributed by atoms with Gasteiger partial charge in [0.2, 0.25) is 0 Å². The van der Waals surface area contributed by atoms with Crippen LogP contribution in [0.15, 0.2) is 24.3 Å². The fraction of sp³-hybridized carbons (Fsp3) is 0.444. The molecule has 0 unspecified atom stereocenters. The number of nitrogens with zero attached hydrogens (tertiary/aromatic N) is 2. The van der Waals surface area contributed by atoms with E-state index in [0.717, 1.165) is 41.9 Å². The molecule has 116 valence electrons. The number of halogens is 1. The van der Waals surface area contributed by atoms with E-state index in [2.05, 4.69) is 20.8 Å². The monoisotopic (exact) mass is 316 g/mol. The van der Waals surface area contributed by atoms with E-state index in [0.29, 0.717) is 11.4 Å². The molecule has 0 spiro atoms. The molecule has 0 N–H and O–H groups in total. The molecule has 0 radical (unpaired) electrons. The summed E-state index contributed by atoms with van der Waals surface area (Å²) >= 11 is 6.12. The van der Waals surface area contributed by atoms with Gasteiger partial charge in [-0.15, -0.1) is 0 Å². The van der Waals surface area contributed by atoms with Crippen LogP contribution in [0.4, 0.5) is 0 Å². The van der Waals surface area contributed by atoms with Crippen molar-refractivity contribution in [1.82, 2.24) is 9.78 Å². The summed E-state index contributed by atoms with van der Waals surface area (Å²) in [6, 6.07) is 7.65. The zero-order valence-corrected chi connectivity index (χ0v) is 14.1. The summed E-state index contributed by atoms with van der Waals surface area (Å²) < 4.78 is 1.92. The Hall–Kier alpha value is -1.61. The van der Waals surface area contributed by atoms with Gasteiger partial charge in [0.25, 0.3) is 0 Å². The van der Waals surface area contributed by atoms with Gasteiger partial charge in [-0.2, -0.15) is 5.10 Å². The third-order valence-corrected chi connectivity index (χ3v) is 4.39. The van der Waals surface area contributed by atoms with E-state index in [9.17, 15) is 4.79 Å². The van der Waals surface area contributed by atoms with Gasteiger partial charge in [0.15, 0.2) is 5.78 Å². The Kier molecular flexibility index (Phi) is 3.85. The van der Waals surface area contributed by atoms with E-state index < -0.39 is 0 Å². The normalized spacial score (nSPS) is 16.6. The van der Waals surface area contributed by atoms with E-state index in [1.807, 2.05) is 28.9 Å². The molecule has 3 nitrogen and oxygen atoms in total. The van der Waals surface area contributed by atoms with E-state index in [1.54, 1.807) is 0 Å². The van der Waals surface area contributed by atoms with Crippen LogP contribution in [-0.2, 0) is 12.8 Å². The molecule has 4 heteroatoms. The van der Waals surface area contributed by atoms with Crippen molar-refractivity contribution in [3.8, 4) is 5.69 Å². The highest BCUT2D eigenvalue weighted by Crippen LogP contribution is 2.37. The van der Waals surface area contributed by atoms with Crippen LogP contribution in [0.25, 0.3) is 5.69 Å². The third kappa shape index (κ3) is 2.70. The third-order valence-electron chi connectivity index (χ3n) is 4.16. The minimum absolute atomic E-state index is 0.0239. The van der Waals surface area contributed by atoms with Crippen molar-refractivity contribution in [3.05, 3.63) is 46.2 Å². The minimum Gasteiger partial charge on any atom is -0.294 e. The lowest BCUT2D eigenvalue weighted by Gasteiger charge is -2.29. The number of Topliss-reactive ketones (excluding diaryl/α,β-unsaturated/α-hetero) is 1. The lowest BCUT2D eigenvalue weighted by atomic mass is 9.75. The predicted molar refractivity (Wildman–Crippen MR) is 89.0 cm³/mol. The summed E-state index contributed by atoms with van der Waals surface area (Å²) in [6.45, 7) is 6.40. The molecule has 1 aliphatic carbocycles. The highest BCUT2D eigenvalue weighted by Gasteiger charge is 2.36. The lowest BCUT2D eigenvalue weighted by Crippen LogP contribution is -2.28. The number of hydrogen-bond donors (Lipinski definition) is 0. The number of carbonyl (C=O) groups excluding carboxylic acids is 1. The Bertz CT molecular complexity index is 731. The van der Waals surface area contributed by atoms with Crippen molar-refractivity contribution in [3.63, 3.8) is 0 Å². The molecule has 0 saturated carbocycles. The van der Waals surface area contributed by atoms with E-state index in [4.69, 9.17) is 16.7 Å². The van der Waals surface area contributed by atoms with Crippen LogP contribution in [0.2, 0.25) is 5.02 Å². The highest BCUT2D eigenvalue weighted by atomic mass is 35.5. The van der Waals surface area contributed by atoms with Crippen LogP contribution < -0.4 is 0 Å². The van der Waals surface area contributed by atoms with Crippen LogP contribution in [0, 0.1) is 5.41 Å². The predicted octanol–water partition coefficient (Wildman–Crippen LogP) is 4.63. The first-order chi connectivity index (χ1) is 10.4. The van der Waals surface area contributed by atoms with Crippen LogP contribution >= 0.6 is 11.6 Å². The lowest BCUT2D eigenvalue weighted by molar-refractivity contribution is 0.0910. The molecule has 22 heavy (non-hydrogen) atoms. The molecule has 2 aromatic rings. The standard InChI is InChI=1S/C18H21ClN2O/c1-4-6-14-17-15(10-18(2,3)11-16(17)22)21(20-14)13-8-5-7-12(19)9-13/h5,7-9H,4,6,10-11H2,1-3H3. The number of rotatable bonds is 3. The Morgan fingerprint density at radius 2 is 2.09 bits per heavy atom. The van der Waals surface area contributed by atoms with Crippen molar-refractivity contribution in [1.29, 1.82) is 0 Å². The molecule has 0 amide bonds. The number of benzene rings is 1. The number of aromatic nitrogens is 2. The smallest absolute Gasteiger partial charge is 0.167 e. The molecule has 1 aromatic carbocycles. The number of ketones is 1. The summed E-state index contributed by atoms with van der Waals surface area (Å²) in [6.07, 6.45) is 3.27. The van der Waals surface area contributed by atoms with Gasteiger partial charge in [-0.1, -0.05) is 44.9 Å². The maximum Gasteiger partial charge on any atom is 0.167 e. The van der Waals surface area contributed by atoms with Gasteiger partial charge >= 0.3 is 0 Å². The van der Waals surface area contributed by atoms with E-state index in [-0.39, 0.29) is 11.2 Å². The SMILES string of the molecule is CCCc1nn(-c2cccc(Cl)c2)c2c1C(=O)CC(C)(C)C2. The molecular weight excluding hydrogens is 296 g/mol. The molecule has 0 bridgehead atoms. The minimum atomic E-state index is -0.0239. The summed E-state index contributed by atoms with van der Waals surface area (Å²) in [7, 11) is 0. The van der Waals surface area contributed by atoms with Gasteiger partial charge in [0.1, 0.15) is 0 Å². The average molecular weight is 317 g/mol. The number of hydrogen-bond acceptors (Lipinski definition) is 2. The van der Waals surface area contributed by atoms with Gasteiger partial charge in [-0.3, -0.25) is 4.79 Å². The van der Waals surface area contributed by atoms with Crippen LogP contribution in [0.3, 0.4) is 0 Å². The second kappa shape index (κ2) is 5.54. The van der Waals surface area contributed by atoms with E-state index >= 15 is 0 Å². The summed E-state index contributed by atoms with van der Waals surface area (Å²) in [5, 5.41) is 5.43. The Balaban J connectivity index is 2.19. The Morgan fingerprint density at radius 1 is 1.32 bits per heavy atom. The maximum atomic E-state index is 12.6. The van der Waals surface area contributed by atoms with E-state index in [1.165, 1.54) is 0 Å². The molecule has 1 aromatic heterocycles. The van der Waals surface area contributed by atoms with Crippen LogP contribution in [0.5, 0.6) is 0 Å². The quantitative estimate of drug-likeness (QED) is 0.827. The van der Waals surface area contributed by atoms with Crippen molar-refractivity contribution in [2.75, 3.05) is 0 Å². The van der Waals surface area contributed by atoms with Crippen LogP contribution in [-0.4, -0.2) is 15.6 Å². The molecule has 0 atom stereocenters. The molecule has 3 rings (SSSR count). The molecule has 0 aliphatic heterocycles. The fourth-order valence-corrected chi connectivity index (χ4v) is 3.45. The summed E-state index contributed by atoms with van der Waals surface area (Å²) in [5.74, 6) is 0.225. The Morgan fingerprint density at radius 3 is 2.77 bits per heavy atom. The van der Waals surface area contributed by atoms with Gasteiger partial charge in [0, 0.05) is 11.4 Å². The largest absolute Gasteiger partial charge is 0.294 e. The van der Waals surface area contributed by atoms with Gasteiger partial charge in [0.05, 0.1) is 22.6 Å². The van der Waals surface area contributed by atoms with Crippen molar-refractivity contribution < 1.29 is 4.79 Å². The van der Waals surface area contributed by atoms with Crippen molar-refractivity contribution >= 4 is 17.4 Å². The first-order valence-corrected chi connectivity index (χ1v) is 8.19. The molecule has 1 heterocycles. The van der Waals surface area contributed by atoms with Crippen LogP contribution in [0.1, 0.15) is 55.4 Å². The molecule has 0 fully saturated rings. The van der Waals surface area contributed by atoms with Gasteiger partial charge in [-0.25, -0.2) is 4.68 Å². The maximum absolute atomic E-state index is 12.6. The number of fused-ring (bicyclic) bond motifs is 1. The molecular formula is C18H21ClN2O. The number of aryl methyl sites for hydroxylation is 1. The first-order valence-electron chi connectivity index (χ1n) is 7.81. The highest BCUT2D eigenvalue weighted by molar-refractivity contribution is 6.30. The second-order valence-electron chi connectivity index (χ2n) is 6.85. The summed E-state index contributed by atoms with van der Waals surface area (Å²) in [5.41, 5.74) is 3.71. The zero-order valence-electron chi connectivity index (χ0n) is 13.3. The van der Waals surface area contributed by atoms with Gasteiger partial charge < -0.3 is 0 Å². The average Bonchev–Trinajstić information content (AvgIpc) is 2.76. The van der Waals surface area contributed by atoms with Crippen molar-refractivity contribution in [2.24, 2.45) is 5.41 Å². The second-order valence-corrected chi connectivity index (χ2v) is 7.29. The fourth-order valence-electron chi connectivity index (χ4n) is 3.26. The number of carbonyl (C=O) groups is 1. The molecule has 0 saturated heterocycles. The Labute approximate surface area is 136 Å². The van der Waals surface area contributed by atoms with Crippen molar-refractivity contribution in [2.45, 2.75) is 46.5 Å². The summed E-state index contributed by atoms with van der Waals surface area (Å²) in [4.78, 5) is 12.6. The first kappa shape index (κ1) is 15.3. The van der Waals surface area contributed by atoms with Gasteiger partial charge in [-0.05, 0) is 36.5 Å². The molecule has 1 aliphatic rings.